The fraction of sp³-hybridized carbons (Fsp3) is 0.378. The van der Waals surface area contributed by atoms with Crippen molar-refractivity contribution in [3.8, 4) is 17.1 Å². The molecule has 0 aliphatic carbocycles. The Balaban J connectivity index is 1.22. The Kier molecular flexibility index (Phi) is 10.4. The summed E-state index contributed by atoms with van der Waals surface area (Å²) in [5.41, 5.74) is 1.09. The highest BCUT2D eigenvalue weighted by Crippen LogP contribution is 2.34. The van der Waals surface area contributed by atoms with Crippen LogP contribution in [0, 0.1) is 6.92 Å². The van der Waals surface area contributed by atoms with Gasteiger partial charge >= 0.3 is 6.18 Å². The number of hydrogen-bond donors (Lipinski definition) is 2. The smallest absolute Gasteiger partial charge is 0.416 e. The van der Waals surface area contributed by atoms with Crippen LogP contribution in [0.25, 0.3) is 17.2 Å². The van der Waals surface area contributed by atoms with Gasteiger partial charge in [0.05, 0.1) is 27.7 Å². The van der Waals surface area contributed by atoms with Crippen molar-refractivity contribution >= 4 is 46.3 Å². The molecule has 19 heteroatoms. The average Bonchev–Trinajstić information content (AvgIpc) is 3.60. The summed E-state index contributed by atoms with van der Waals surface area (Å²) in [5.74, 6) is -1.07. The number of alkyl halides is 3. The number of aromatic hydroxyl groups is 1. The fourth-order valence-corrected chi connectivity index (χ4v) is 7.13. The van der Waals surface area contributed by atoms with Crippen molar-refractivity contribution in [3.63, 3.8) is 0 Å². The van der Waals surface area contributed by atoms with E-state index in [4.69, 9.17) is 16.6 Å². The van der Waals surface area contributed by atoms with E-state index in [1.165, 1.54) is 11.2 Å². The van der Waals surface area contributed by atoms with Crippen molar-refractivity contribution < 1.29 is 27.9 Å². The van der Waals surface area contributed by atoms with Crippen LogP contribution in [0.3, 0.4) is 0 Å². The van der Waals surface area contributed by atoms with Crippen LogP contribution in [-0.2, 0) is 23.9 Å². The Morgan fingerprint density at radius 1 is 1.02 bits per heavy atom. The lowest BCUT2D eigenvalue weighted by Crippen LogP contribution is -2.57. The molecule has 294 valence electrons. The lowest BCUT2D eigenvalue weighted by atomic mass is 10.1. The van der Waals surface area contributed by atoms with Gasteiger partial charge in [-0.2, -0.15) is 22.7 Å². The van der Waals surface area contributed by atoms with E-state index in [1.807, 2.05) is 36.1 Å². The lowest BCUT2D eigenvalue weighted by molar-refractivity contribution is -0.137. The van der Waals surface area contributed by atoms with E-state index in [2.05, 4.69) is 44.3 Å². The number of fused-ring (bicyclic) bond motifs is 1. The largest absolute Gasteiger partial charge is 0.504 e. The van der Waals surface area contributed by atoms with Crippen molar-refractivity contribution in [2.24, 2.45) is 0 Å². The van der Waals surface area contributed by atoms with Crippen molar-refractivity contribution in [2.75, 3.05) is 68.5 Å². The lowest BCUT2D eigenvalue weighted by Gasteiger charge is -2.44. The first-order chi connectivity index (χ1) is 26.6. The van der Waals surface area contributed by atoms with E-state index >= 15 is 0 Å². The number of carbonyl (C=O) groups is 2. The molecule has 2 N–H and O–H groups in total. The molecule has 2 amide bonds. The summed E-state index contributed by atoms with van der Waals surface area (Å²) < 4.78 is 42.6. The number of rotatable bonds is 9. The van der Waals surface area contributed by atoms with Crippen LogP contribution in [0.4, 0.5) is 30.2 Å². The van der Waals surface area contributed by atoms with E-state index in [-0.39, 0.29) is 84.3 Å². The SMILES string of the molecule is CCc1c(N2CCN(C(=O)c3ncnc(C)c3O)CC2)c(=O)n2nc(-c3ccc(N4CC(N(C)C)C4)cc3)nc2n1CC(=O)Nc1ccc(C(F)(F)F)cc1Cl. The zero-order valence-electron chi connectivity index (χ0n) is 31.0. The highest BCUT2D eigenvalue weighted by molar-refractivity contribution is 6.33. The Morgan fingerprint density at radius 3 is 2.34 bits per heavy atom. The first-order valence-electron chi connectivity index (χ1n) is 17.9. The molecule has 0 spiro atoms. The van der Waals surface area contributed by atoms with E-state index in [0.717, 1.165) is 41.5 Å². The van der Waals surface area contributed by atoms with Gasteiger partial charge in [-0.25, -0.2) is 9.97 Å². The van der Waals surface area contributed by atoms with Crippen LogP contribution >= 0.6 is 11.6 Å². The van der Waals surface area contributed by atoms with Crippen LogP contribution in [0.15, 0.2) is 53.6 Å². The number of aromatic nitrogens is 6. The monoisotopic (exact) mass is 793 g/mol. The summed E-state index contributed by atoms with van der Waals surface area (Å²) in [4.78, 5) is 61.8. The number of aryl methyl sites for hydroxylation is 1. The van der Waals surface area contributed by atoms with Gasteiger partial charge in [-0.1, -0.05) is 18.5 Å². The third kappa shape index (κ3) is 7.33. The second-order valence-electron chi connectivity index (χ2n) is 13.9. The van der Waals surface area contributed by atoms with Crippen LogP contribution in [-0.4, -0.2) is 115 Å². The Labute approximate surface area is 323 Å². The van der Waals surface area contributed by atoms with E-state index in [0.29, 0.717) is 17.3 Å². The molecule has 2 aromatic carbocycles. The third-order valence-corrected chi connectivity index (χ3v) is 10.5. The number of piperazine rings is 1. The number of likely N-dealkylation sites (N-methyl/N-ethyl adjacent to an activating group) is 1. The zero-order chi connectivity index (χ0) is 40.1. The number of anilines is 3. The molecular formula is C37H39ClF3N11O4. The molecule has 5 aromatic rings. The van der Waals surface area contributed by atoms with Crippen molar-refractivity contribution in [2.45, 2.75) is 39.0 Å². The van der Waals surface area contributed by atoms with Gasteiger partial charge < -0.3 is 34.6 Å². The minimum Gasteiger partial charge on any atom is -0.504 e. The molecule has 0 atom stereocenters. The van der Waals surface area contributed by atoms with Crippen LogP contribution in [0.1, 0.15) is 34.4 Å². The van der Waals surface area contributed by atoms with Gasteiger partial charge in [0.25, 0.3) is 11.5 Å². The molecule has 5 heterocycles. The van der Waals surface area contributed by atoms with Gasteiger partial charge in [0.1, 0.15) is 18.6 Å². The summed E-state index contributed by atoms with van der Waals surface area (Å²) in [5, 5.41) is 17.3. The van der Waals surface area contributed by atoms with Crippen molar-refractivity contribution in [1.82, 2.24) is 38.9 Å². The van der Waals surface area contributed by atoms with Gasteiger partial charge in [-0.05, 0) is 69.9 Å². The van der Waals surface area contributed by atoms with Gasteiger partial charge in [0, 0.05) is 56.6 Å². The number of halogens is 4. The summed E-state index contributed by atoms with van der Waals surface area (Å²) in [6, 6.07) is 10.8. The quantitative estimate of drug-likeness (QED) is 0.223. The molecular weight excluding hydrogens is 755 g/mol. The summed E-state index contributed by atoms with van der Waals surface area (Å²) >= 11 is 6.16. The molecule has 56 heavy (non-hydrogen) atoms. The summed E-state index contributed by atoms with van der Waals surface area (Å²) in [7, 11) is 4.10. The standard InChI is InChI=1S/C37H39ClF3N11O4/c1-5-28-31(48-12-14-49(15-13-48)34(55)30-32(54)21(2)42-20-43-30)35(56)52-36(51(28)19-29(53)44-27-11-8-23(16-26(27)38)37(39,40)41)45-33(46-52)22-6-9-24(10-7-22)50-17-25(18-50)47(3)4/h6-11,16,20,25,54H,5,12-15,17-19H2,1-4H3,(H,44,53). The maximum absolute atomic E-state index is 14.4. The molecule has 2 saturated heterocycles. The predicted octanol–water partition coefficient (Wildman–Crippen LogP) is 3.95. The maximum Gasteiger partial charge on any atom is 0.416 e. The van der Waals surface area contributed by atoms with Gasteiger partial charge in [-0.3, -0.25) is 14.4 Å². The van der Waals surface area contributed by atoms with Crippen molar-refractivity contribution in [3.05, 3.63) is 86.8 Å². The molecule has 2 aliphatic rings. The van der Waals surface area contributed by atoms with E-state index in [1.54, 1.807) is 11.5 Å². The Bertz CT molecular complexity index is 2370. The molecule has 7 rings (SSSR count). The fourth-order valence-electron chi connectivity index (χ4n) is 6.90. The summed E-state index contributed by atoms with van der Waals surface area (Å²) in [6.07, 6.45) is -3.13. The van der Waals surface area contributed by atoms with E-state index < -0.39 is 29.1 Å². The Morgan fingerprint density at radius 2 is 1.71 bits per heavy atom. The van der Waals surface area contributed by atoms with Crippen molar-refractivity contribution in [1.29, 1.82) is 0 Å². The normalized spacial score (nSPS) is 15.1. The number of hydrogen-bond acceptors (Lipinski definition) is 11. The van der Waals surface area contributed by atoms with Gasteiger partial charge in [-0.15, -0.1) is 5.10 Å². The second-order valence-corrected chi connectivity index (χ2v) is 14.3. The molecule has 0 radical (unpaired) electrons. The van der Waals surface area contributed by atoms with Gasteiger partial charge in [0.15, 0.2) is 17.3 Å². The number of benzene rings is 2. The third-order valence-electron chi connectivity index (χ3n) is 10.2. The number of nitrogens with one attached hydrogen (secondary N) is 1. The van der Waals surface area contributed by atoms with Gasteiger partial charge in [0.2, 0.25) is 11.7 Å². The van der Waals surface area contributed by atoms with Crippen LogP contribution < -0.4 is 20.7 Å². The zero-order valence-corrected chi connectivity index (χ0v) is 31.8. The first-order valence-corrected chi connectivity index (χ1v) is 18.3. The Hall–Kier alpha value is -5.75. The highest BCUT2D eigenvalue weighted by atomic mass is 35.5. The minimum absolute atomic E-state index is 0.0212. The predicted molar refractivity (Wildman–Crippen MR) is 203 cm³/mol. The minimum atomic E-state index is -4.62. The topological polar surface area (TPSA) is 157 Å². The van der Waals surface area contributed by atoms with Crippen LogP contribution in [0.5, 0.6) is 5.75 Å². The average molecular weight is 794 g/mol. The molecule has 2 aliphatic heterocycles. The molecule has 0 unspecified atom stereocenters. The first kappa shape index (κ1) is 38.5. The molecule has 2 fully saturated rings. The molecule has 3 aromatic heterocycles. The number of amides is 2. The molecule has 0 bridgehead atoms. The maximum atomic E-state index is 14.4. The molecule has 0 saturated carbocycles. The molecule has 15 nitrogen and oxygen atoms in total. The highest BCUT2D eigenvalue weighted by Gasteiger charge is 2.33. The summed E-state index contributed by atoms with van der Waals surface area (Å²) in [6.45, 7) is 5.63. The second kappa shape index (κ2) is 15.1. The number of carbonyl (C=O) groups excluding carboxylic acids is 2. The number of nitrogens with zero attached hydrogens (tertiary/aromatic N) is 10. The van der Waals surface area contributed by atoms with E-state index in [9.17, 15) is 32.7 Å². The van der Waals surface area contributed by atoms with Crippen LogP contribution in [0.2, 0.25) is 5.02 Å².